The molecule has 0 radical (unpaired) electrons. The smallest absolute Gasteiger partial charge is 0.209 e. The fraction of sp³-hybridized carbons (Fsp3) is 0.316. The Balaban J connectivity index is 1.77. The van der Waals surface area contributed by atoms with Crippen molar-refractivity contribution in [1.82, 2.24) is 19.5 Å². The Bertz CT molecular complexity index is 1080. The molecule has 2 aromatic heterocycles. The second kappa shape index (κ2) is 6.61. The average molecular weight is 367 g/mol. The molecule has 4 rings (SSSR count). The van der Waals surface area contributed by atoms with Gasteiger partial charge in [-0.15, -0.1) is 0 Å². The van der Waals surface area contributed by atoms with E-state index in [0.29, 0.717) is 48.6 Å². The SMILES string of the molecule is Cn1c(-c2cccc(F)c2)nc2c(N)nc(C#CC3(O)CCOCC3)nc21. The number of ether oxygens (including phenoxy) is 1. The predicted octanol–water partition coefficient (Wildman–Crippen LogP) is 1.64. The number of aryl methyl sites for hydroxylation is 1. The number of rotatable bonds is 1. The standard InChI is InChI=1S/C19H18FN5O2/c1-25-17(12-3-2-4-13(20)11-12)24-15-16(21)22-14(23-18(15)25)5-6-19(26)7-9-27-10-8-19/h2-4,11,26H,7-10H2,1H3,(H2,21,22,23). The number of fused-ring (bicyclic) bond motifs is 1. The number of aliphatic hydroxyl groups is 1. The van der Waals surface area contributed by atoms with Gasteiger partial charge in [-0.3, -0.25) is 0 Å². The van der Waals surface area contributed by atoms with Crippen LogP contribution in [-0.4, -0.2) is 43.4 Å². The molecular formula is C19H18FN5O2. The minimum atomic E-state index is -1.11. The molecule has 7 nitrogen and oxygen atoms in total. The molecule has 0 atom stereocenters. The van der Waals surface area contributed by atoms with Crippen LogP contribution in [-0.2, 0) is 11.8 Å². The molecule has 1 fully saturated rings. The minimum Gasteiger partial charge on any atom is -0.382 e. The lowest BCUT2D eigenvalue weighted by Crippen LogP contribution is -2.34. The molecule has 1 aromatic carbocycles. The molecule has 0 spiro atoms. The van der Waals surface area contributed by atoms with E-state index in [1.54, 1.807) is 23.7 Å². The molecule has 8 heteroatoms. The molecule has 1 aliphatic rings. The zero-order valence-electron chi connectivity index (χ0n) is 14.7. The molecule has 27 heavy (non-hydrogen) atoms. The van der Waals surface area contributed by atoms with Gasteiger partial charge in [0, 0.05) is 25.5 Å². The van der Waals surface area contributed by atoms with Crippen molar-refractivity contribution in [2.24, 2.45) is 7.05 Å². The van der Waals surface area contributed by atoms with Crippen LogP contribution in [0.1, 0.15) is 18.7 Å². The molecule has 3 aromatic rings. The van der Waals surface area contributed by atoms with Gasteiger partial charge in [0.15, 0.2) is 17.0 Å². The maximum absolute atomic E-state index is 13.6. The molecule has 3 heterocycles. The summed E-state index contributed by atoms with van der Waals surface area (Å²) in [5, 5.41) is 10.5. The number of nitrogens with zero attached hydrogens (tertiary/aromatic N) is 4. The number of halogens is 1. The summed E-state index contributed by atoms with van der Waals surface area (Å²) in [6.45, 7) is 0.928. The molecule has 3 N–H and O–H groups in total. The topological polar surface area (TPSA) is 99.1 Å². The number of anilines is 1. The number of benzene rings is 1. The van der Waals surface area contributed by atoms with E-state index in [-0.39, 0.29) is 17.5 Å². The van der Waals surface area contributed by atoms with Gasteiger partial charge in [0.05, 0.1) is 13.2 Å². The van der Waals surface area contributed by atoms with Gasteiger partial charge in [-0.1, -0.05) is 18.1 Å². The Kier molecular flexibility index (Phi) is 4.26. The monoisotopic (exact) mass is 367 g/mol. The highest BCUT2D eigenvalue weighted by Gasteiger charge is 2.27. The molecular weight excluding hydrogens is 349 g/mol. The average Bonchev–Trinajstić information content (AvgIpc) is 2.98. The van der Waals surface area contributed by atoms with E-state index in [1.165, 1.54) is 12.1 Å². The second-order valence-corrected chi connectivity index (χ2v) is 6.50. The predicted molar refractivity (Wildman–Crippen MR) is 98.0 cm³/mol. The number of nitrogen functional groups attached to an aromatic ring is 1. The number of hydrogen-bond acceptors (Lipinski definition) is 6. The van der Waals surface area contributed by atoms with Crippen LogP contribution >= 0.6 is 0 Å². The lowest BCUT2D eigenvalue weighted by atomic mass is 9.95. The highest BCUT2D eigenvalue weighted by molar-refractivity contribution is 5.85. The Hall–Kier alpha value is -3.02. The van der Waals surface area contributed by atoms with Crippen molar-refractivity contribution in [2.45, 2.75) is 18.4 Å². The van der Waals surface area contributed by atoms with E-state index in [0.717, 1.165) is 0 Å². The zero-order chi connectivity index (χ0) is 19.0. The first-order chi connectivity index (χ1) is 13.0. The van der Waals surface area contributed by atoms with E-state index in [9.17, 15) is 9.50 Å². The summed E-state index contributed by atoms with van der Waals surface area (Å²) in [6, 6.07) is 6.14. The molecule has 0 amide bonds. The van der Waals surface area contributed by atoms with Crippen LogP contribution in [0.5, 0.6) is 0 Å². The van der Waals surface area contributed by atoms with Crippen molar-refractivity contribution in [3.8, 4) is 23.2 Å². The number of aromatic nitrogens is 4. The third-order valence-corrected chi connectivity index (χ3v) is 4.56. The first-order valence-corrected chi connectivity index (χ1v) is 8.54. The van der Waals surface area contributed by atoms with Crippen LogP contribution in [0.4, 0.5) is 10.2 Å². The largest absolute Gasteiger partial charge is 0.382 e. The number of imidazole rings is 1. The van der Waals surface area contributed by atoms with Crippen molar-refractivity contribution < 1.29 is 14.2 Å². The minimum absolute atomic E-state index is 0.182. The molecule has 0 saturated carbocycles. The summed E-state index contributed by atoms with van der Waals surface area (Å²) < 4.78 is 20.5. The van der Waals surface area contributed by atoms with Crippen molar-refractivity contribution >= 4 is 17.0 Å². The van der Waals surface area contributed by atoms with E-state index in [1.807, 2.05) is 0 Å². The number of hydrogen-bond donors (Lipinski definition) is 2. The Labute approximate surface area is 155 Å². The van der Waals surface area contributed by atoms with Gasteiger partial charge >= 0.3 is 0 Å². The van der Waals surface area contributed by atoms with E-state index < -0.39 is 5.60 Å². The van der Waals surface area contributed by atoms with Gasteiger partial charge in [-0.05, 0) is 18.1 Å². The highest BCUT2D eigenvalue weighted by atomic mass is 19.1. The maximum Gasteiger partial charge on any atom is 0.209 e. The van der Waals surface area contributed by atoms with Crippen LogP contribution in [0.25, 0.3) is 22.6 Å². The van der Waals surface area contributed by atoms with Gasteiger partial charge in [-0.25, -0.2) is 19.3 Å². The Morgan fingerprint density at radius 3 is 2.78 bits per heavy atom. The van der Waals surface area contributed by atoms with E-state index in [4.69, 9.17) is 10.5 Å². The molecule has 1 saturated heterocycles. The summed E-state index contributed by atoms with van der Waals surface area (Å²) in [5.41, 5.74) is 6.46. The van der Waals surface area contributed by atoms with Gasteiger partial charge < -0.3 is 20.1 Å². The molecule has 1 aliphatic heterocycles. The highest BCUT2D eigenvalue weighted by Crippen LogP contribution is 2.25. The van der Waals surface area contributed by atoms with E-state index in [2.05, 4.69) is 26.8 Å². The third-order valence-electron chi connectivity index (χ3n) is 4.56. The van der Waals surface area contributed by atoms with Crippen LogP contribution in [0.3, 0.4) is 0 Å². The van der Waals surface area contributed by atoms with Crippen LogP contribution in [0.2, 0.25) is 0 Å². The van der Waals surface area contributed by atoms with Gasteiger partial charge in [0.1, 0.15) is 17.2 Å². The first kappa shape index (κ1) is 17.4. The molecule has 0 aliphatic carbocycles. The summed E-state index contributed by atoms with van der Waals surface area (Å²) in [7, 11) is 1.77. The molecule has 0 unspecified atom stereocenters. The number of nitrogens with two attached hydrogens (primary N) is 1. The van der Waals surface area contributed by atoms with Crippen LogP contribution in [0.15, 0.2) is 24.3 Å². The normalized spacial score (nSPS) is 16.1. The summed E-state index contributed by atoms with van der Waals surface area (Å²) in [4.78, 5) is 13.1. The second-order valence-electron chi connectivity index (χ2n) is 6.50. The lowest BCUT2D eigenvalue weighted by Gasteiger charge is -2.26. The van der Waals surface area contributed by atoms with Crippen molar-refractivity contribution in [1.29, 1.82) is 0 Å². The van der Waals surface area contributed by atoms with Crippen LogP contribution in [0, 0.1) is 17.7 Å². The molecule has 138 valence electrons. The molecule has 0 bridgehead atoms. The summed E-state index contributed by atoms with van der Waals surface area (Å²) in [5.74, 6) is 6.21. The fourth-order valence-corrected chi connectivity index (χ4v) is 3.03. The van der Waals surface area contributed by atoms with Gasteiger partial charge in [-0.2, -0.15) is 0 Å². The maximum atomic E-state index is 13.6. The third kappa shape index (κ3) is 3.35. The Morgan fingerprint density at radius 2 is 2.04 bits per heavy atom. The summed E-state index contributed by atoms with van der Waals surface area (Å²) in [6.07, 6.45) is 0.875. The zero-order valence-corrected chi connectivity index (χ0v) is 14.7. The summed E-state index contributed by atoms with van der Waals surface area (Å²) >= 11 is 0. The van der Waals surface area contributed by atoms with Gasteiger partial charge in [0.25, 0.3) is 0 Å². The fourth-order valence-electron chi connectivity index (χ4n) is 3.03. The quantitative estimate of drug-likeness (QED) is 0.635. The Morgan fingerprint density at radius 1 is 1.26 bits per heavy atom. The van der Waals surface area contributed by atoms with E-state index >= 15 is 0 Å². The van der Waals surface area contributed by atoms with Crippen molar-refractivity contribution in [2.75, 3.05) is 18.9 Å². The van der Waals surface area contributed by atoms with Crippen molar-refractivity contribution in [3.05, 3.63) is 35.9 Å². The lowest BCUT2D eigenvalue weighted by molar-refractivity contribution is -0.0262. The first-order valence-electron chi connectivity index (χ1n) is 8.54. The van der Waals surface area contributed by atoms with Crippen LogP contribution < -0.4 is 5.73 Å². The van der Waals surface area contributed by atoms with Crippen molar-refractivity contribution in [3.63, 3.8) is 0 Å². The van der Waals surface area contributed by atoms with Gasteiger partial charge in [0.2, 0.25) is 5.82 Å².